The van der Waals surface area contributed by atoms with Gasteiger partial charge in [-0.3, -0.25) is 9.69 Å². The molecule has 3 rings (SSSR count). The van der Waals surface area contributed by atoms with Crippen LogP contribution in [-0.2, 0) is 27.5 Å². The van der Waals surface area contributed by atoms with Gasteiger partial charge >= 0.3 is 5.97 Å². The largest absolute Gasteiger partial charge is 0.465 e. The summed E-state index contributed by atoms with van der Waals surface area (Å²) in [4.78, 5) is 28.7. The van der Waals surface area contributed by atoms with E-state index in [2.05, 4.69) is 17.1 Å². The van der Waals surface area contributed by atoms with E-state index in [1.165, 1.54) is 37.5 Å². The molecule has 0 unspecified atom stereocenters. The van der Waals surface area contributed by atoms with Crippen molar-refractivity contribution in [3.05, 3.63) is 45.8 Å². The summed E-state index contributed by atoms with van der Waals surface area (Å²) in [6, 6.07) is 6.10. The second-order valence-electron chi connectivity index (χ2n) is 6.67. The summed E-state index contributed by atoms with van der Waals surface area (Å²) in [5, 5.41) is 3.16. The Morgan fingerprint density at radius 1 is 1.24 bits per heavy atom. The van der Waals surface area contributed by atoms with Crippen LogP contribution in [0.25, 0.3) is 0 Å². The van der Waals surface area contributed by atoms with Crippen molar-refractivity contribution < 1.29 is 22.7 Å². The number of carbonyl (C=O) groups is 2. The van der Waals surface area contributed by atoms with E-state index < -0.39 is 21.7 Å². The lowest BCUT2D eigenvalue weighted by Crippen LogP contribution is -2.30. The molecular weight excluding hydrogens is 412 g/mol. The molecule has 9 heteroatoms. The zero-order chi connectivity index (χ0) is 21.2. The van der Waals surface area contributed by atoms with Crippen molar-refractivity contribution in [2.24, 2.45) is 0 Å². The molecule has 1 aromatic carbocycles. The van der Waals surface area contributed by atoms with Gasteiger partial charge in [0.25, 0.3) is 5.91 Å². The van der Waals surface area contributed by atoms with E-state index in [9.17, 15) is 18.0 Å². The van der Waals surface area contributed by atoms with Crippen LogP contribution in [0.15, 0.2) is 29.2 Å². The van der Waals surface area contributed by atoms with Gasteiger partial charge in [0.1, 0.15) is 5.00 Å². The van der Waals surface area contributed by atoms with Gasteiger partial charge in [0.05, 0.1) is 28.9 Å². The van der Waals surface area contributed by atoms with Crippen LogP contribution in [0.2, 0.25) is 0 Å². The molecule has 156 valence electrons. The van der Waals surface area contributed by atoms with E-state index >= 15 is 0 Å². The molecule has 2 aromatic rings. The van der Waals surface area contributed by atoms with Crippen molar-refractivity contribution in [2.75, 3.05) is 31.3 Å². The first-order chi connectivity index (χ1) is 13.8. The Labute approximate surface area is 174 Å². The molecule has 0 atom stereocenters. The van der Waals surface area contributed by atoms with Gasteiger partial charge in [0.15, 0.2) is 9.84 Å². The average Bonchev–Trinajstić information content (AvgIpc) is 3.09. The summed E-state index contributed by atoms with van der Waals surface area (Å²) >= 11 is 1.34. The van der Waals surface area contributed by atoms with Gasteiger partial charge in [-0.15, -0.1) is 11.3 Å². The third-order valence-corrected chi connectivity index (χ3v) is 7.96. The van der Waals surface area contributed by atoms with Crippen molar-refractivity contribution in [3.8, 4) is 0 Å². The van der Waals surface area contributed by atoms with E-state index in [4.69, 9.17) is 4.74 Å². The van der Waals surface area contributed by atoms with E-state index in [1.807, 2.05) is 0 Å². The molecule has 1 N–H and O–H groups in total. The Morgan fingerprint density at radius 3 is 2.62 bits per heavy atom. The highest BCUT2D eigenvalue weighted by Crippen LogP contribution is 2.38. The number of rotatable bonds is 6. The predicted molar refractivity (Wildman–Crippen MR) is 112 cm³/mol. The van der Waals surface area contributed by atoms with Crippen molar-refractivity contribution in [3.63, 3.8) is 0 Å². The highest BCUT2D eigenvalue weighted by atomic mass is 32.2. The number of ether oxygens (including phenoxy) is 1. The van der Waals surface area contributed by atoms with Gasteiger partial charge < -0.3 is 10.1 Å². The van der Waals surface area contributed by atoms with Crippen LogP contribution in [0, 0.1) is 0 Å². The first-order valence-electron chi connectivity index (χ1n) is 9.40. The Kier molecular flexibility index (Phi) is 6.40. The predicted octanol–water partition coefficient (Wildman–Crippen LogP) is 2.96. The van der Waals surface area contributed by atoms with Gasteiger partial charge in [-0.25, -0.2) is 13.2 Å². The first-order valence-corrected chi connectivity index (χ1v) is 11.9. The number of hydrogen-bond donors (Lipinski definition) is 1. The summed E-state index contributed by atoms with van der Waals surface area (Å²) < 4.78 is 29.7. The molecule has 1 aliphatic rings. The number of benzene rings is 1. The quantitative estimate of drug-likeness (QED) is 0.700. The summed E-state index contributed by atoms with van der Waals surface area (Å²) in [5.74, 6) is -1.17. The minimum Gasteiger partial charge on any atom is -0.465 e. The molecule has 0 spiro atoms. The van der Waals surface area contributed by atoms with Crippen LogP contribution in [0.5, 0.6) is 0 Å². The molecule has 0 saturated heterocycles. The summed E-state index contributed by atoms with van der Waals surface area (Å²) in [5.41, 5.74) is 1.33. The molecule has 1 amide bonds. The number of fused-ring (bicyclic) bond motifs is 1. The maximum atomic E-state index is 13.0. The van der Waals surface area contributed by atoms with Crippen LogP contribution in [0.4, 0.5) is 5.00 Å². The Balaban J connectivity index is 2.00. The maximum Gasteiger partial charge on any atom is 0.341 e. The number of amides is 1. The maximum absolute atomic E-state index is 13.0. The zero-order valence-corrected chi connectivity index (χ0v) is 18.3. The number of hydrogen-bond acceptors (Lipinski definition) is 7. The van der Waals surface area contributed by atoms with Crippen LogP contribution < -0.4 is 5.32 Å². The van der Waals surface area contributed by atoms with E-state index in [1.54, 1.807) is 12.1 Å². The minimum atomic E-state index is -3.57. The lowest BCUT2D eigenvalue weighted by molar-refractivity contribution is 0.0600. The summed E-state index contributed by atoms with van der Waals surface area (Å²) in [6.45, 7) is 6.04. The highest BCUT2D eigenvalue weighted by Gasteiger charge is 2.30. The fraction of sp³-hybridized carbons (Fsp3) is 0.400. The lowest BCUT2D eigenvalue weighted by Gasteiger charge is -2.25. The number of esters is 1. The smallest absolute Gasteiger partial charge is 0.341 e. The molecule has 7 nitrogen and oxygen atoms in total. The molecule has 0 aliphatic carbocycles. The average molecular weight is 437 g/mol. The fourth-order valence-electron chi connectivity index (χ4n) is 3.38. The molecular formula is C20H24N2O5S2. The number of nitrogens with zero attached hydrogens (tertiary/aromatic N) is 1. The van der Waals surface area contributed by atoms with Crippen LogP contribution >= 0.6 is 11.3 Å². The number of anilines is 1. The van der Waals surface area contributed by atoms with Crippen LogP contribution in [0.3, 0.4) is 0 Å². The number of thiophene rings is 1. The second kappa shape index (κ2) is 8.64. The third-order valence-electron chi connectivity index (χ3n) is 5.05. The molecule has 1 aromatic heterocycles. The van der Waals surface area contributed by atoms with Crippen molar-refractivity contribution in [2.45, 2.75) is 31.7 Å². The monoisotopic (exact) mass is 436 g/mol. The summed E-state index contributed by atoms with van der Waals surface area (Å²) in [7, 11) is -2.26. The Bertz CT molecular complexity index is 1040. The fourth-order valence-corrected chi connectivity index (χ4v) is 5.75. The van der Waals surface area contributed by atoms with Crippen molar-refractivity contribution in [1.82, 2.24) is 4.90 Å². The molecule has 0 saturated carbocycles. The Morgan fingerprint density at radius 2 is 1.97 bits per heavy atom. The Hall–Kier alpha value is -2.23. The normalized spacial score (nSPS) is 14.3. The van der Waals surface area contributed by atoms with E-state index in [-0.39, 0.29) is 16.2 Å². The number of carbonyl (C=O) groups excluding carboxylic acids is 2. The number of sulfone groups is 1. The lowest BCUT2D eigenvalue weighted by atomic mass is 10.0. The first kappa shape index (κ1) is 21.5. The zero-order valence-electron chi connectivity index (χ0n) is 16.6. The number of nitrogens with one attached hydrogen (secondary N) is 1. The van der Waals surface area contributed by atoms with Gasteiger partial charge in [0, 0.05) is 18.0 Å². The third kappa shape index (κ3) is 4.22. The summed E-state index contributed by atoms with van der Waals surface area (Å²) in [6.07, 6.45) is 0.695. The van der Waals surface area contributed by atoms with Crippen molar-refractivity contribution in [1.29, 1.82) is 0 Å². The molecule has 2 heterocycles. The second-order valence-corrected chi connectivity index (χ2v) is 10.0. The number of methoxy groups -OCH3 is 1. The van der Waals surface area contributed by atoms with Crippen LogP contribution in [-0.4, -0.2) is 51.1 Å². The van der Waals surface area contributed by atoms with Gasteiger partial charge in [-0.2, -0.15) is 0 Å². The highest BCUT2D eigenvalue weighted by molar-refractivity contribution is 7.91. The van der Waals surface area contributed by atoms with E-state index in [0.717, 1.165) is 23.5 Å². The standard InChI is InChI=1S/C20H24N2O5S2/c1-4-22-11-10-13-15(12-22)28-19(17(13)20(24)27-3)21-18(23)14-8-6-7-9-16(14)29(25,26)5-2/h6-9H,4-5,10-12H2,1-3H3,(H,21,23). The van der Waals surface area contributed by atoms with Gasteiger partial charge in [0.2, 0.25) is 0 Å². The molecule has 1 aliphatic heterocycles. The molecule has 29 heavy (non-hydrogen) atoms. The van der Waals surface area contributed by atoms with Gasteiger partial charge in [-0.05, 0) is 30.7 Å². The number of likely N-dealkylation sites (N-methyl/N-ethyl adjacent to an activating group) is 1. The van der Waals surface area contributed by atoms with Gasteiger partial charge in [-0.1, -0.05) is 26.0 Å². The minimum absolute atomic E-state index is 0.0157. The molecule has 0 bridgehead atoms. The van der Waals surface area contributed by atoms with Crippen molar-refractivity contribution >= 4 is 38.1 Å². The van der Waals surface area contributed by atoms with Crippen LogP contribution in [0.1, 0.15) is 45.0 Å². The SMILES string of the molecule is CCN1CCc2c(sc(NC(=O)c3ccccc3S(=O)(=O)CC)c2C(=O)OC)C1. The molecule has 0 radical (unpaired) electrons. The molecule has 0 fully saturated rings. The van der Waals surface area contributed by atoms with E-state index in [0.29, 0.717) is 23.5 Å². The topological polar surface area (TPSA) is 92.8 Å².